The minimum absolute atomic E-state index is 0.00773. The maximum atomic E-state index is 13.6. The Kier molecular flexibility index (Phi) is 2.97. The number of aliphatic carboxylic acids is 1. The molecule has 2 nitrogen and oxygen atoms in total. The molecule has 0 aliphatic heterocycles. The van der Waals surface area contributed by atoms with Crippen LogP contribution in [0.3, 0.4) is 0 Å². The summed E-state index contributed by atoms with van der Waals surface area (Å²) in [7, 11) is 0. The third-order valence-electron chi connectivity index (χ3n) is 2.95. The van der Waals surface area contributed by atoms with Gasteiger partial charge in [0, 0.05) is 5.41 Å². The lowest BCUT2D eigenvalue weighted by molar-refractivity contribution is -0.137. The zero-order chi connectivity index (χ0) is 11.9. The molecule has 16 heavy (non-hydrogen) atoms. The third kappa shape index (κ3) is 1.96. The summed E-state index contributed by atoms with van der Waals surface area (Å²) in [6, 6.07) is 3.27. The summed E-state index contributed by atoms with van der Waals surface area (Å²) >= 11 is 8.95. The Bertz CT molecular complexity index is 458. The summed E-state index contributed by atoms with van der Waals surface area (Å²) in [5, 5.41) is 8.85. The molecule has 0 bridgehead atoms. The zero-order valence-corrected chi connectivity index (χ0v) is 10.6. The van der Waals surface area contributed by atoms with E-state index in [1.54, 1.807) is 12.1 Å². The molecule has 5 heteroatoms. The Balaban J connectivity index is 2.42. The molecular weight excluding hydrogens is 298 g/mol. The number of benzene rings is 1. The Morgan fingerprint density at radius 1 is 1.56 bits per heavy atom. The van der Waals surface area contributed by atoms with Crippen molar-refractivity contribution >= 4 is 33.5 Å². The van der Waals surface area contributed by atoms with Gasteiger partial charge in [0.15, 0.2) is 5.82 Å². The Morgan fingerprint density at radius 2 is 2.19 bits per heavy atom. The standard InChI is InChI=1S/C11H9BrClFO2/c12-7-2-1-6(9(13)10(7)14)11(3-4-11)5-8(15)16/h1-2H,3-5H2,(H,15,16). The highest BCUT2D eigenvalue weighted by atomic mass is 79.9. The molecule has 0 atom stereocenters. The van der Waals surface area contributed by atoms with Crippen LogP contribution in [0.2, 0.25) is 5.02 Å². The van der Waals surface area contributed by atoms with Gasteiger partial charge in [0.05, 0.1) is 15.9 Å². The predicted octanol–water partition coefficient (Wildman–Crippen LogP) is 3.75. The van der Waals surface area contributed by atoms with Crippen LogP contribution in [0.15, 0.2) is 16.6 Å². The summed E-state index contributed by atoms with van der Waals surface area (Å²) in [6.07, 6.45) is 1.51. The highest BCUT2D eigenvalue weighted by Crippen LogP contribution is 2.53. The molecule has 2 rings (SSSR count). The molecule has 1 fully saturated rings. The summed E-state index contributed by atoms with van der Waals surface area (Å²) in [5.74, 6) is -1.40. The number of halogens is 3. The summed E-state index contributed by atoms with van der Waals surface area (Å²) in [4.78, 5) is 10.7. The lowest BCUT2D eigenvalue weighted by Crippen LogP contribution is -2.14. The van der Waals surface area contributed by atoms with E-state index < -0.39 is 17.2 Å². The second-order valence-corrected chi connectivity index (χ2v) is 5.31. The van der Waals surface area contributed by atoms with Crippen LogP contribution < -0.4 is 0 Å². The molecule has 1 aromatic rings. The van der Waals surface area contributed by atoms with E-state index in [-0.39, 0.29) is 11.4 Å². The maximum absolute atomic E-state index is 13.6. The molecule has 0 amide bonds. The van der Waals surface area contributed by atoms with Crippen molar-refractivity contribution in [2.45, 2.75) is 24.7 Å². The average molecular weight is 308 g/mol. The second-order valence-electron chi connectivity index (χ2n) is 4.07. The predicted molar refractivity (Wildman–Crippen MR) is 62.3 cm³/mol. The van der Waals surface area contributed by atoms with Gasteiger partial charge < -0.3 is 5.11 Å². The number of hydrogen-bond acceptors (Lipinski definition) is 1. The van der Waals surface area contributed by atoms with E-state index in [0.717, 1.165) is 12.8 Å². The molecule has 1 saturated carbocycles. The summed E-state index contributed by atoms with van der Waals surface area (Å²) in [5.41, 5.74) is 0.155. The quantitative estimate of drug-likeness (QED) is 0.864. The summed E-state index contributed by atoms with van der Waals surface area (Å²) < 4.78 is 13.9. The van der Waals surface area contributed by atoms with Gasteiger partial charge in [-0.25, -0.2) is 4.39 Å². The van der Waals surface area contributed by atoms with E-state index in [0.29, 0.717) is 10.0 Å². The van der Waals surface area contributed by atoms with Crippen LogP contribution in [0, 0.1) is 5.82 Å². The second kappa shape index (κ2) is 4.00. The van der Waals surface area contributed by atoms with Crippen molar-refractivity contribution < 1.29 is 14.3 Å². The molecule has 1 aliphatic rings. The number of carboxylic acids is 1. The average Bonchev–Trinajstić information content (AvgIpc) is 2.94. The van der Waals surface area contributed by atoms with Crippen LogP contribution in [0.1, 0.15) is 24.8 Å². The van der Waals surface area contributed by atoms with Gasteiger partial charge in [0.2, 0.25) is 0 Å². The highest BCUT2D eigenvalue weighted by molar-refractivity contribution is 9.10. The fourth-order valence-electron chi connectivity index (χ4n) is 1.92. The molecule has 0 saturated heterocycles. The number of carbonyl (C=O) groups is 1. The smallest absolute Gasteiger partial charge is 0.304 e. The van der Waals surface area contributed by atoms with Crippen LogP contribution in [0.25, 0.3) is 0 Å². The summed E-state index contributed by atoms with van der Waals surface area (Å²) in [6.45, 7) is 0. The third-order valence-corrected chi connectivity index (χ3v) is 3.93. The van der Waals surface area contributed by atoms with E-state index in [1.807, 2.05) is 0 Å². The molecule has 1 N–H and O–H groups in total. The lowest BCUT2D eigenvalue weighted by atomic mass is 9.92. The van der Waals surface area contributed by atoms with Crippen molar-refractivity contribution in [2.24, 2.45) is 0 Å². The molecule has 1 aliphatic carbocycles. The first kappa shape index (κ1) is 11.9. The van der Waals surface area contributed by atoms with Crippen molar-refractivity contribution in [1.29, 1.82) is 0 Å². The number of hydrogen-bond donors (Lipinski definition) is 1. The van der Waals surface area contributed by atoms with Gasteiger partial charge in [-0.2, -0.15) is 0 Å². The SMILES string of the molecule is O=C(O)CC1(c2ccc(Br)c(F)c2Cl)CC1. The minimum Gasteiger partial charge on any atom is -0.481 e. The van der Waals surface area contributed by atoms with Gasteiger partial charge in [0.25, 0.3) is 0 Å². The first-order chi connectivity index (χ1) is 7.46. The Hall–Kier alpha value is -0.610. The van der Waals surface area contributed by atoms with Crippen LogP contribution in [-0.2, 0) is 10.2 Å². The van der Waals surface area contributed by atoms with E-state index >= 15 is 0 Å². The highest BCUT2D eigenvalue weighted by Gasteiger charge is 2.47. The van der Waals surface area contributed by atoms with Crippen molar-refractivity contribution in [3.8, 4) is 0 Å². The first-order valence-electron chi connectivity index (χ1n) is 4.82. The van der Waals surface area contributed by atoms with Gasteiger partial charge in [-0.1, -0.05) is 17.7 Å². The van der Waals surface area contributed by atoms with Gasteiger partial charge in [-0.15, -0.1) is 0 Å². The largest absolute Gasteiger partial charge is 0.481 e. The lowest BCUT2D eigenvalue weighted by Gasteiger charge is -2.15. The van der Waals surface area contributed by atoms with Crippen molar-refractivity contribution in [1.82, 2.24) is 0 Å². The molecule has 0 radical (unpaired) electrons. The molecule has 86 valence electrons. The fraction of sp³-hybridized carbons (Fsp3) is 0.364. The number of rotatable bonds is 3. The molecule has 0 heterocycles. The van der Waals surface area contributed by atoms with Gasteiger partial charge in [-0.05, 0) is 40.4 Å². The van der Waals surface area contributed by atoms with Gasteiger partial charge >= 0.3 is 5.97 Å². The normalized spacial score (nSPS) is 17.2. The zero-order valence-electron chi connectivity index (χ0n) is 8.27. The van der Waals surface area contributed by atoms with Crippen LogP contribution in [-0.4, -0.2) is 11.1 Å². The molecular formula is C11H9BrClFO2. The van der Waals surface area contributed by atoms with Crippen LogP contribution in [0.5, 0.6) is 0 Å². The molecule has 0 unspecified atom stereocenters. The maximum Gasteiger partial charge on any atom is 0.304 e. The first-order valence-corrected chi connectivity index (χ1v) is 5.99. The van der Waals surface area contributed by atoms with Gasteiger partial charge in [0.1, 0.15) is 0 Å². The van der Waals surface area contributed by atoms with Gasteiger partial charge in [-0.3, -0.25) is 4.79 Å². The number of carboxylic acid groups (broad SMARTS) is 1. The van der Waals surface area contributed by atoms with E-state index in [2.05, 4.69) is 15.9 Å². The van der Waals surface area contributed by atoms with Crippen molar-refractivity contribution in [3.05, 3.63) is 33.0 Å². The van der Waals surface area contributed by atoms with E-state index in [1.165, 1.54) is 0 Å². The topological polar surface area (TPSA) is 37.3 Å². The van der Waals surface area contributed by atoms with Crippen LogP contribution in [0.4, 0.5) is 4.39 Å². The molecule has 0 spiro atoms. The van der Waals surface area contributed by atoms with Crippen molar-refractivity contribution in [3.63, 3.8) is 0 Å². The minimum atomic E-state index is -0.878. The van der Waals surface area contributed by atoms with E-state index in [9.17, 15) is 9.18 Å². The monoisotopic (exact) mass is 306 g/mol. The fourth-order valence-corrected chi connectivity index (χ4v) is 2.73. The van der Waals surface area contributed by atoms with Crippen molar-refractivity contribution in [2.75, 3.05) is 0 Å². The Labute approximate surface area is 106 Å². The van der Waals surface area contributed by atoms with E-state index in [4.69, 9.17) is 16.7 Å². The molecule has 0 aromatic heterocycles. The molecule has 1 aromatic carbocycles. The van der Waals surface area contributed by atoms with Crippen LogP contribution >= 0.6 is 27.5 Å². The Morgan fingerprint density at radius 3 is 2.69 bits per heavy atom.